The Kier molecular flexibility index (Phi) is 10.3. The Morgan fingerprint density at radius 1 is 1.08 bits per heavy atom. The molecule has 0 aromatic carbocycles. The van der Waals surface area contributed by atoms with E-state index >= 15 is 0 Å². The summed E-state index contributed by atoms with van der Waals surface area (Å²) in [5.41, 5.74) is 6.59. The van der Waals surface area contributed by atoms with Crippen LogP contribution in [0.25, 0.3) is 11.3 Å². The van der Waals surface area contributed by atoms with Gasteiger partial charge in [0.05, 0.1) is 17.1 Å². The van der Waals surface area contributed by atoms with Crippen molar-refractivity contribution in [1.82, 2.24) is 30.6 Å². The number of nitrogens with one attached hydrogen (secondary N) is 3. The lowest BCUT2D eigenvalue weighted by atomic mass is 9.90. The highest BCUT2D eigenvalue weighted by Crippen LogP contribution is 2.25. The lowest BCUT2D eigenvalue weighted by Crippen LogP contribution is -2.15. The average molecular weight is 486 g/mol. The molecule has 1 aliphatic rings. The van der Waals surface area contributed by atoms with E-state index < -0.39 is 0 Å². The number of nitrogens with zero attached hydrogens (tertiary/aromatic N) is 4. The molecule has 1 atom stereocenters. The largest absolute Gasteiger partial charge is 0.391 e. The maximum atomic E-state index is 10.9. The summed E-state index contributed by atoms with van der Waals surface area (Å²) in [5.74, 6) is 1.16. The number of rotatable bonds is 9. The standard InChI is InChI=1S/C16H13N5O.C12H22N2/c1-11-15(7-12(10-22)8-19-11)21-16-18-6-4-14(20-16)13-3-2-5-17-9-13;1-10(8-9-13-2)11-4-6-12(14-3)7-5-11/h2-10H,1H3,(H,18,20,21);4,6,10,13-14H,5,7-9H2,1-3H3. The molecule has 3 aromatic rings. The fraction of sp³-hybridized carbons (Fsp3) is 0.321. The van der Waals surface area contributed by atoms with Crippen LogP contribution in [0.5, 0.6) is 0 Å². The van der Waals surface area contributed by atoms with Gasteiger partial charge in [-0.2, -0.15) is 0 Å². The van der Waals surface area contributed by atoms with Crippen molar-refractivity contribution >= 4 is 17.9 Å². The quantitative estimate of drug-likeness (QED) is 0.369. The van der Waals surface area contributed by atoms with Gasteiger partial charge in [0.25, 0.3) is 0 Å². The van der Waals surface area contributed by atoms with Gasteiger partial charge in [-0.15, -0.1) is 0 Å². The molecule has 8 nitrogen and oxygen atoms in total. The molecule has 0 bridgehead atoms. The predicted molar refractivity (Wildman–Crippen MR) is 145 cm³/mol. The number of aldehydes is 1. The zero-order chi connectivity index (χ0) is 25.8. The molecule has 4 rings (SSSR count). The first kappa shape index (κ1) is 26.7. The zero-order valence-electron chi connectivity index (χ0n) is 21.5. The third kappa shape index (κ3) is 7.81. The fourth-order valence-corrected chi connectivity index (χ4v) is 3.77. The molecule has 1 unspecified atom stereocenters. The van der Waals surface area contributed by atoms with Crippen molar-refractivity contribution in [3.05, 3.63) is 83.7 Å². The molecule has 0 saturated heterocycles. The Morgan fingerprint density at radius 3 is 2.61 bits per heavy atom. The molecule has 1 aliphatic carbocycles. The van der Waals surface area contributed by atoms with Gasteiger partial charge >= 0.3 is 0 Å². The number of aromatic nitrogens is 4. The first-order chi connectivity index (χ1) is 17.5. The van der Waals surface area contributed by atoms with Crippen LogP contribution in [0.15, 0.2) is 72.5 Å². The molecule has 0 fully saturated rings. The Bertz CT molecular complexity index is 1190. The monoisotopic (exact) mass is 485 g/mol. The summed E-state index contributed by atoms with van der Waals surface area (Å²) in [5, 5.41) is 9.51. The van der Waals surface area contributed by atoms with E-state index in [1.807, 2.05) is 39.2 Å². The van der Waals surface area contributed by atoms with Crippen molar-refractivity contribution in [2.75, 3.05) is 26.0 Å². The minimum absolute atomic E-state index is 0.439. The summed E-state index contributed by atoms with van der Waals surface area (Å²) < 4.78 is 0. The Morgan fingerprint density at radius 2 is 1.94 bits per heavy atom. The minimum atomic E-state index is 0.439. The van der Waals surface area contributed by atoms with E-state index in [9.17, 15) is 4.79 Å². The minimum Gasteiger partial charge on any atom is -0.391 e. The highest BCUT2D eigenvalue weighted by atomic mass is 16.1. The van der Waals surface area contributed by atoms with Crippen LogP contribution in [0.3, 0.4) is 0 Å². The van der Waals surface area contributed by atoms with Crippen LogP contribution in [-0.2, 0) is 0 Å². The number of hydrogen-bond donors (Lipinski definition) is 3. The van der Waals surface area contributed by atoms with Crippen LogP contribution in [0.1, 0.15) is 42.2 Å². The second-order valence-corrected chi connectivity index (χ2v) is 8.63. The summed E-state index contributed by atoms with van der Waals surface area (Å²) in [7, 11) is 4.01. The van der Waals surface area contributed by atoms with Crippen molar-refractivity contribution < 1.29 is 4.79 Å². The third-order valence-electron chi connectivity index (χ3n) is 6.07. The first-order valence-electron chi connectivity index (χ1n) is 12.2. The normalized spacial score (nSPS) is 13.4. The van der Waals surface area contributed by atoms with Gasteiger partial charge in [-0.25, -0.2) is 9.97 Å². The van der Waals surface area contributed by atoms with Gasteiger partial charge in [0.2, 0.25) is 5.95 Å². The molecule has 0 aliphatic heterocycles. The highest BCUT2D eigenvalue weighted by Gasteiger charge is 2.11. The van der Waals surface area contributed by atoms with Crippen LogP contribution >= 0.6 is 0 Å². The summed E-state index contributed by atoms with van der Waals surface area (Å²) in [6, 6.07) is 7.32. The van der Waals surface area contributed by atoms with E-state index in [1.165, 1.54) is 31.2 Å². The highest BCUT2D eigenvalue weighted by molar-refractivity contribution is 5.77. The summed E-state index contributed by atoms with van der Waals surface area (Å²) in [4.78, 5) is 27.8. The van der Waals surface area contributed by atoms with Crippen LogP contribution in [0.4, 0.5) is 11.6 Å². The molecule has 3 N–H and O–H groups in total. The maximum absolute atomic E-state index is 10.9. The van der Waals surface area contributed by atoms with Gasteiger partial charge in [0.1, 0.15) is 0 Å². The lowest BCUT2D eigenvalue weighted by molar-refractivity contribution is 0.112. The second kappa shape index (κ2) is 13.8. The molecular formula is C28H35N7O. The molecule has 0 amide bonds. The summed E-state index contributed by atoms with van der Waals surface area (Å²) in [6.45, 7) is 5.28. The van der Waals surface area contributed by atoms with Crippen LogP contribution in [-0.4, -0.2) is 46.9 Å². The molecule has 3 aromatic heterocycles. The Hall–Kier alpha value is -3.91. The van der Waals surface area contributed by atoms with E-state index in [1.54, 1.807) is 30.2 Å². The summed E-state index contributed by atoms with van der Waals surface area (Å²) >= 11 is 0. The van der Waals surface area contributed by atoms with Crippen LogP contribution < -0.4 is 16.0 Å². The van der Waals surface area contributed by atoms with E-state index in [-0.39, 0.29) is 0 Å². The molecule has 0 saturated carbocycles. The predicted octanol–water partition coefficient (Wildman–Crippen LogP) is 4.85. The topological polar surface area (TPSA) is 105 Å². The average Bonchev–Trinajstić information content (AvgIpc) is 2.94. The first-order valence-corrected chi connectivity index (χ1v) is 12.2. The van der Waals surface area contributed by atoms with Gasteiger partial charge in [0.15, 0.2) is 6.29 Å². The van der Waals surface area contributed by atoms with E-state index in [2.05, 4.69) is 55.0 Å². The van der Waals surface area contributed by atoms with Crippen molar-refractivity contribution in [1.29, 1.82) is 0 Å². The maximum Gasteiger partial charge on any atom is 0.227 e. The van der Waals surface area contributed by atoms with Crippen molar-refractivity contribution in [2.45, 2.75) is 33.1 Å². The van der Waals surface area contributed by atoms with E-state index in [0.29, 0.717) is 17.2 Å². The SMILES string of the molecule is CNCCC(C)C1=CC=C(NC)CC1.Cc1ncc(C=O)cc1Nc1nccc(-c2cccnc2)n1. The van der Waals surface area contributed by atoms with Gasteiger partial charge < -0.3 is 16.0 Å². The van der Waals surface area contributed by atoms with E-state index in [0.717, 1.165) is 35.7 Å². The zero-order valence-corrected chi connectivity index (χ0v) is 21.5. The second-order valence-electron chi connectivity index (χ2n) is 8.63. The Labute approximate surface area is 213 Å². The molecule has 188 valence electrons. The molecule has 36 heavy (non-hydrogen) atoms. The van der Waals surface area contributed by atoms with Crippen molar-refractivity contribution in [3.8, 4) is 11.3 Å². The van der Waals surface area contributed by atoms with Gasteiger partial charge in [0, 0.05) is 48.7 Å². The number of carbonyl (C=O) groups is 1. The molecule has 3 heterocycles. The van der Waals surface area contributed by atoms with Gasteiger partial charge in [-0.3, -0.25) is 14.8 Å². The smallest absolute Gasteiger partial charge is 0.227 e. The fourth-order valence-electron chi connectivity index (χ4n) is 3.77. The van der Waals surface area contributed by atoms with E-state index in [4.69, 9.17) is 0 Å². The lowest BCUT2D eigenvalue weighted by Gasteiger charge is -2.19. The van der Waals surface area contributed by atoms with Crippen molar-refractivity contribution in [2.24, 2.45) is 5.92 Å². The molecule has 0 radical (unpaired) electrons. The van der Waals surface area contributed by atoms with Crippen LogP contribution in [0, 0.1) is 12.8 Å². The molecule has 0 spiro atoms. The number of allylic oxidation sites excluding steroid dienone is 4. The molecule has 8 heteroatoms. The third-order valence-corrected chi connectivity index (χ3v) is 6.07. The van der Waals surface area contributed by atoms with Gasteiger partial charge in [-0.05, 0) is 76.0 Å². The molecular weight excluding hydrogens is 450 g/mol. The number of aryl methyl sites for hydroxylation is 1. The summed E-state index contributed by atoms with van der Waals surface area (Å²) in [6.07, 6.45) is 15.5. The Balaban J connectivity index is 0.000000223. The van der Waals surface area contributed by atoms with Crippen LogP contribution in [0.2, 0.25) is 0 Å². The van der Waals surface area contributed by atoms with Gasteiger partial charge in [-0.1, -0.05) is 18.6 Å². The van der Waals surface area contributed by atoms with Crippen molar-refractivity contribution in [3.63, 3.8) is 0 Å². The number of hydrogen-bond acceptors (Lipinski definition) is 8. The number of carbonyl (C=O) groups excluding carboxylic acids is 1. The number of pyridine rings is 2. The number of anilines is 2.